The van der Waals surface area contributed by atoms with E-state index in [1.165, 1.54) is 12.1 Å². The summed E-state index contributed by atoms with van der Waals surface area (Å²) >= 11 is 0. The average molecular weight is 449 g/mol. The summed E-state index contributed by atoms with van der Waals surface area (Å²) in [7, 11) is 0. The second-order valence-corrected chi connectivity index (χ2v) is 8.35. The maximum absolute atomic E-state index is 13.2. The fourth-order valence-electron chi connectivity index (χ4n) is 3.94. The molecule has 4 rings (SSSR count). The molecular weight excluding hydrogens is 422 g/mol. The van der Waals surface area contributed by atoms with Crippen LogP contribution in [0.2, 0.25) is 0 Å². The highest BCUT2D eigenvalue weighted by Gasteiger charge is 2.52. The number of benzene rings is 1. The molecule has 1 aliphatic heterocycles. The predicted octanol–water partition coefficient (Wildman–Crippen LogP) is 5.75. The zero-order valence-corrected chi connectivity index (χ0v) is 18.6. The second kappa shape index (κ2) is 8.56. The van der Waals surface area contributed by atoms with Crippen LogP contribution in [0.4, 0.5) is 23.2 Å². The van der Waals surface area contributed by atoms with Gasteiger partial charge < -0.3 is 10.2 Å². The maximum atomic E-state index is 13.2. The average Bonchev–Trinajstić information content (AvgIpc) is 3.53. The van der Waals surface area contributed by atoms with Crippen LogP contribution in [0.1, 0.15) is 57.0 Å². The summed E-state index contributed by atoms with van der Waals surface area (Å²) in [6, 6.07) is 9.06. The zero-order chi connectivity index (χ0) is 23.8. The molecule has 1 aliphatic carbocycles. The number of hydrogen-bond acceptors (Lipinski definition) is 3. The molecular formula is C24H27F4N3O. The fourth-order valence-corrected chi connectivity index (χ4v) is 3.94. The lowest BCUT2D eigenvalue weighted by Crippen LogP contribution is -2.44. The molecule has 172 valence electrons. The number of aromatic nitrogens is 1. The lowest BCUT2D eigenvalue weighted by atomic mass is 9.96. The van der Waals surface area contributed by atoms with Gasteiger partial charge in [-0.15, -0.1) is 0 Å². The molecule has 2 unspecified atom stereocenters. The van der Waals surface area contributed by atoms with E-state index < -0.39 is 17.6 Å². The molecule has 1 aromatic carbocycles. The van der Waals surface area contributed by atoms with Crippen molar-refractivity contribution in [3.63, 3.8) is 0 Å². The Morgan fingerprint density at radius 1 is 1.12 bits per heavy atom. The Morgan fingerprint density at radius 3 is 2.34 bits per heavy atom. The molecule has 32 heavy (non-hydrogen) atoms. The Morgan fingerprint density at radius 2 is 1.75 bits per heavy atom. The van der Waals surface area contributed by atoms with Crippen LogP contribution in [0.15, 0.2) is 43.0 Å². The summed E-state index contributed by atoms with van der Waals surface area (Å²) in [5, 5.41) is 3.26. The van der Waals surface area contributed by atoms with Crippen LogP contribution >= 0.6 is 0 Å². The monoisotopic (exact) mass is 449 g/mol. The van der Waals surface area contributed by atoms with Crippen molar-refractivity contribution in [2.75, 3.05) is 11.4 Å². The van der Waals surface area contributed by atoms with E-state index in [0.717, 1.165) is 11.3 Å². The van der Waals surface area contributed by atoms with Crippen LogP contribution in [0.25, 0.3) is 5.70 Å². The Labute approximate surface area is 185 Å². The van der Waals surface area contributed by atoms with Crippen LogP contribution in [0.3, 0.4) is 0 Å². The van der Waals surface area contributed by atoms with Crippen molar-refractivity contribution in [2.24, 2.45) is 5.92 Å². The van der Waals surface area contributed by atoms with Gasteiger partial charge in [0.25, 0.3) is 0 Å². The molecule has 1 amide bonds. The van der Waals surface area contributed by atoms with Crippen molar-refractivity contribution >= 4 is 17.3 Å². The lowest BCUT2D eigenvalue weighted by molar-refractivity contribution is -0.170. The Kier molecular flexibility index (Phi) is 6.36. The van der Waals surface area contributed by atoms with Crippen molar-refractivity contribution in [1.82, 2.24) is 10.3 Å². The van der Waals surface area contributed by atoms with E-state index in [4.69, 9.17) is 0 Å². The number of carbonyl (C=O) groups excluding carboxylic acids is 1. The highest BCUT2D eigenvalue weighted by Crippen LogP contribution is 2.54. The molecule has 1 fully saturated rings. The zero-order valence-electron chi connectivity index (χ0n) is 18.6. The van der Waals surface area contributed by atoms with E-state index >= 15 is 0 Å². The number of halogens is 4. The third-order valence-electron chi connectivity index (χ3n) is 5.67. The second-order valence-electron chi connectivity index (χ2n) is 8.35. The number of hydrogen-bond donors (Lipinski definition) is 1. The van der Waals surface area contributed by atoms with Crippen molar-refractivity contribution in [1.29, 1.82) is 0 Å². The number of anilines is 1. The van der Waals surface area contributed by atoms with Gasteiger partial charge in [-0.05, 0) is 56.0 Å². The van der Waals surface area contributed by atoms with Gasteiger partial charge in [-0.2, -0.15) is 13.2 Å². The summed E-state index contributed by atoms with van der Waals surface area (Å²) in [5.41, 5.74) is 1.97. The first kappa shape index (κ1) is 23.8. The summed E-state index contributed by atoms with van der Waals surface area (Å²) in [4.78, 5) is 17.3. The number of pyridine rings is 1. The molecule has 2 aliphatic rings. The number of carbonyl (C=O) groups is 1. The SMILES string of the molecule is C=C(NC(C)(C)c1ccc2c(n1)C1CC1CN2C(=O)C(F)(F)F)c1ccc(F)cc1.CC. The molecule has 2 heterocycles. The van der Waals surface area contributed by atoms with Crippen LogP contribution in [0.5, 0.6) is 0 Å². The predicted molar refractivity (Wildman–Crippen MR) is 116 cm³/mol. The minimum absolute atomic E-state index is 0.0109. The van der Waals surface area contributed by atoms with Crippen molar-refractivity contribution in [3.05, 3.63) is 65.7 Å². The summed E-state index contributed by atoms with van der Waals surface area (Å²) in [5.74, 6) is -2.12. The minimum atomic E-state index is -4.93. The molecule has 0 radical (unpaired) electrons. The molecule has 1 N–H and O–H groups in total. The molecule has 0 bridgehead atoms. The van der Waals surface area contributed by atoms with E-state index in [0.29, 0.717) is 22.6 Å². The van der Waals surface area contributed by atoms with E-state index in [1.54, 1.807) is 24.3 Å². The first-order chi connectivity index (χ1) is 15.0. The van der Waals surface area contributed by atoms with Gasteiger partial charge in [0.15, 0.2) is 0 Å². The smallest absolute Gasteiger partial charge is 0.375 e. The molecule has 1 saturated carbocycles. The highest BCUT2D eigenvalue weighted by atomic mass is 19.4. The quantitative estimate of drug-likeness (QED) is 0.604. The minimum Gasteiger partial charge on any atom is -0.375 e. The molecule has 2 atom stereocenters. The van der Waals surface area contributed by atoms with E-state index in [1.807, 2.05) is 27.7 Å². The normalized spacial score (nSPS) is 19.2. The number of nitrogens with zero attached hydrogens (tertiary/aromatic N) is 2. The van der Waals surface area contributed by atoms with Gasteiger partial charge in [0.05, 0.1) is 22.6 Å². The topological polar surface area (TPSA) is 45.2 Å². The lowest BCUT2D eigenvalue weighted by Gasteiger charge is -2.32. The molecule has 1 aromatic heterocycles. The van der Waals surface area contributed by atoms with E-state index in [-0.39, 0.29) is 29.9 Å². The third kappa shape index (κ3) is 4.64. The van der Waals surface area contributed by atoms with Crippen LogP contribution < -0.4 is 10.2 Å². The summed E-state index contributed by atoms with van der Waals surface area (Å²) in [6.07, 6.45) is -4.20. The molecule has 0 spiro atoms. The van der Waals surface area contributed by atoms with E-state index in [9.17, 15) is 22.4 Å². The number of fused-ring (bicyclic) bond motifs is 3. The van der Waals surface area contributed by atoms with E-state index in [2.05, 4.69) is 16.9 Å². The van der Waals surface area contributed by atoms with Gasteiger partial charge in [-0.25, -0.2) is 4.39 Å². The summed E-state index contributed by atoms with van der Waals surface area (Å²) < 4.78 is 52.2. The van der Waals surface area contributed by atoms with Gasteiger partial charge >= 0.3 is 12.1 Å². The number of alkyl halides is 3. The molecule has 4 nitrogen and oxygen atoms in total. The number of amides is 1. The summed E-state index contributed by atoms with van der Waals surface area (Å²) in [6.45, 7) is 11.8. The van der Waals surface area contributed by atoms with Gasteiger partial charge in [0, 0.05) is 18.2 Å². The Balaban J connectivity index is 0.00000141. The standard InChI is InChI=1S/C22H21F4N3O.C2H6/c1-12(13-4-6-15(23)7-5-13)28-21(2,3)18-9-8-17-19(27-18)16-10-14(16)11-29(17)20(30)22(24,25)26;1-2/h4-9,14,16,28H,1,10-11H2,2-3H3;1-2H3. The molecule has 8 heteroatoms. The van der Waals surface area contributed by atoms with Crippen molar-refractivity contribution in [3.8, 4) is 0 Å². The molecule has 0 saturated heterocycles. The van der Waals surface area contributed by atoms with Crippen molar-refractivity contribution in [2.45, 2.75) is 51.7 Å². The van der Waals surface area contributed by atoms with Gasteiger partial charge in [-0.3, -0.25) is 9.78 Å². The van der Waals surface area contributed by atoms with Crippen molar-refractivity contribution < 1.29 is 22.4 Å². The van der Waals surface area contributed by atoms with Crippen LogP contribution in [-0.2, 0) is 10.3 Å². The number of rotatable bonds is 4. The van der Waals surface area contributed by atoms with Gasteiger partial charge in [-0.1, -0.05) is 32.6 Å². The Hall–Kier alpha value is -2.90. The number of nitrogens with one attached hydrogen (secondary N) is 1. The van der Waals surface area contributed by atoms with Gasteiger partial charge in [0.1, 0.15) is 5.82 Å². The fraction of sp³-hybridized carbons (Fsp3) is 0.417. The largest absolute Gasteiger partial charge is 0.471 e. The maximum Gasteiger partial charge on any atom is 0.471 e. The first-order valence-electron chi connectivity index (χ1n) is 10.6. The Bertz CT molecular complexity index is 1010. The third-order valence-corrected chi connectivity index (χ3v) is 5.67. The molecule has 2 aromatic rings. The van der Waals surface area contributed by atoms with Crippen LogP contribution in [-0.4, -0.2) is 23.6 Å². The van der Waals surface area contributed by atoms with Crippen LogP contribution in [0, 0.1) is 11.7 Å². The highest BCUT2D eigenvalue weighted by molar-refractivity contribution is 5.98. The van der Waals surface area contributed by atoms with Gasteiger partial charge in [0.2, 0.25) is 0 Å². The first-order valence-corrected chi connectivity index (χ1v) is 10.6.